The number of para-hydroxylation sites is 1. The molecule has 1 fully saturated rings. The van der Waals surface area contributed by atoms with Gasteiger partial charge in [-0.3, -0.25) is 4.79 Å². The number of benzene rings is 2. The molecule has 174 valence electrons. The summed E-state index contributed by atoms with van der Waals surface area (Å²) >= 11 is 1.51. The lowest BCUT2D eigenvalue weighted by molar-refractivity contribution is -0.115. The van der Waals surface area contributed by atoms with Gasteiger partial charge in [-0.2, -0.15) is 4.31 Å². The smallest absolute Gasteiger partial charge is 0.243 e. The maximum absolute atomic E-state index is 13.1. The summed E-state index contributed by atoms with van der Waals surface area (Å²) in [6.45, 7) is 3.29. The number of nitrogens with one attached hydrogen (secondary N) is 1. The predicted octanol–water partition coefficient (Wildman–Crippen LogP) is 3.70. The van der Waals surface area contributed by atoms with E-state index < -0.39 is 10.0 Å². The van der Waals surface area contributed by atoms with Crippen LogP contribution in [0.5, 0.6) is 11.5 Å². The zero-order chi connectivity index (χ0) is 23.3. The number of sulfonamides is 1. The van der Waals surface area contributed by atoms with E-state index in [1.54, 1.807) is 18.2 Å². The van der Waals surface area contributed by atoms with Crippen LogP contribution < -0.4 is 10.1 Å². The Morgan fingerprint density at radius 1 is 1.18 bits per heavy atom. The molecule has 8 nitrogen and oxygen atoms in total. The lowest BCUT2D eigenvalue weighted by Crippen LogP contribution is -2.40. The van der Waals surface area contributed by atoms with E-state index in [1.165, 1.54) is 27.8 Å². The number of anilines is 1. The largest absolute Gasteiger partial charge is 0.455 e. The van der Waals surface area contributed by atoms with Gasteiger partial charge in [-0.25, -0.2) is 13.4 Å². The average molecular weight is 488 g/mol. The van der Waals surface area contributed by atoms with Crippen molar-refractivity contribution in [2.45, 2.75) is 24.7 Å². The average Bonchev–Trinajstić information content (AvgIpc) is 3.28. The number of aromatic nitrogens is 1. The van der Waals surface area contributed by atoms with Crippen LogP contribution in [0, 0.1) is 0 Å². The molecule has 1 aromatic heterocycles. The fraction of sp³-hybridized carbons (Fsp3) is 0.304. The minimum absolute atomic E-state index is 0.0850. The Hall–Kier alpha value is -2.79. The highest BCUT2D eigenvalue weighted by Crippen LogP contribution is 2.33. The number of thiazole rings is 1. The molecule has 1 amide bonds. The third kappa shape index (κ3) is 5.77. The first kappa shape index (κ1) is 23.4. The second kappa shape index (κ2) is 10.4. The van der Waals surface area contributed by atoms with Gasteiger partial charge in [0.1, 0.15) is 5.75 Å². The van der Waals surface area contributed by atoms with Gasteiger partial charge in [-0.15, -0.1) is 11.3 Å². The predicted molar refractivity (Wildman–Crippen MR) is 126 cm³/mol. The summed E-state index contributed by atoms with van der Waals surface area (Å²) in [4.78, 5) is 17.3. The fourth-order valence-electron chi connectivity index (χ4n) is 3.36. The van der Waals surface area contributed by atoms with Gasteiger partial charge in [0.15, 0.2) is 5.75 Å². The Bertz CT molecular complexity index is 1210. The summed E-state index contributed by atoms with van der Waals surface area (Å²) in [6.07, 6.45) is 0.893. The molecule has 0 bridgehead atoms. The number of ether oxygens (including phenoxy) is 2. The summed E-state index contributed by atoms with van der Waals surface area (Å²) in [5, 5.41) is 5.64. The topological polar surface area (TPSA) is 97.8 Å². The van der Waals surface area contributed by atoms with Crippen LogP contribution in [-0.2, 0) is 32.4 Å². The van der Waals surface area contributed by atoms with Gasteiger partial charge in [0.2, 0.25) is 15.9 Å². The molecule has 1 aliphatic heterocycles. The highest BCUT2D eigenvalue weighted by atomic mass is 32.2. The van der Waals surface area contributed by atoms with Crippen molar-refractivity contribution in [3.8, 4) is 11.5 Å². The van der Waals surface area contributed by atoms with Gasteiger partial charge in [0, 0.05) is 18.5 Å². The van der Waals surface area contributed by atoms with Gasteiger partial charge in [-0.1, -0.05) is 25.1 Å². The van der Waals surface area contributed by atoms with Crippen LogP contribution in [0.3, 0.4) is 0 Å². The lowest BCUT2D eigenvalue weighted by atomic mass is 10.2. The van der Waals surface area contributed by atoms with E-state index in [0.717, 1.165) is 11.4 Å². The summed E-state index contributed by atoms with van der Waals surface area (Å²) in [5.41, 5.74) is 0.959. The number of carbonyl (C=O) groups excluding carboxylic acids is 1. The molecule has 0 atom stereocenters. The molecule has 0 spiro atoms. The molecule has 1 aliphatic rings. The quantitative estimate of drug-likeness (QED) is 0.520. The van der Waals surface area contributed by atoms with E-state index in [1.807, 2.05) is 30.5 Å². The highest BCUT2D eigenvalue weighted by Gasteiger charge is 2.27. The fourth-order valence-corrected chi connectivity index (χ4v) is 5.54. The molecule has 0 aliphatic carbocycles. The number of aryl methyl sites for hydroxylation is 1. The van der Waals surface area contributed by atoms with Crippen molar-refractivity contribution in [2.75, 3.05) is 31.6 Å². The van der Waals surface area contributed by atoms with Crippen molar-refractivity contribution >= 4 is 33.0 Å². The molecule has 0 radical (unpaired) electrons. The maximum Gasteiger partial charge on any atom is 0.243 e. The van der Waals surface area contributed by atoms with Crippen LogP contribution >= 0.6 is 11.3 Å². The second-order valence-corrected chi connectivity index (χ2v) is 10.3. The summed E-state index contributed by atoms with van der Waals surface area (Å²) < 4.78 is 38.9. The SMILES string of the molecule is CCc1nc(CC(=O)Nc2cc(S(=O)(=O)N3CCOCC3)ccc2Oc2ccccc2)cs1. The number of nitrogens with zero attached hydrogens (tertiary/aromatic N) is 2. The van der Waals surface area contributed by atoms with E-state index >= 15 is 0 Å². The van der Waals surface area contributed by atoms with Gasteiger partial charge in [0.25, 0.3) is 0 Å². The van der Waals surface area contributed by atoms with E-state index in [0.29, 0.717) is 30.4 Å². The highest BCUT2D eigenvalue weighted by molar-refractivity contribution is 7.89. The van der Waals surface area contributed by atoms with Crippen molar-refractivity contribution in [3.63, 3.8) is 0 Å². The Balaban J connectivity index is 1.61. The van der Waals surface area contributed by atoms with E-state index in [4.69, 9.17) is 9.47 Å². The molecule has 2 heterocycles. The Kier molecular flexibility index (Phi) is 7.39. The molecular weight excluding hydrogens is 462 g/mol. The van der Waals surface area contributed by atoms with E-state index in [2.05, 4.69) is 10.3 Å². The van der Waals surface area contributed by atoms with Crippen molar-refractivity contribution in [2.24, 2.45) is 0 Å². The molecule has 1 saturated heterocycles. The Morgan fingerprint density at radius 2 is 1.94 bits per heavy atom. The molecule has 33 heavy (non-hydrogen) atoms. The van der Waals surface area contributed by atoms with Crippen LogP contribution in [0.25, 0.3) is 0 Å². The first-order chi connectivity index (χ1) is 16.0. The van der Waals surface area contributed by atoms with Gasteiger partial charge >= 0.3 is 0 Å². The lowest BCUT2D eigenvalue weighted by Gasteiger charge is -2.26. The van der Waals surface area contributed by atoms with Crippen LogP contribution in [0.4, 0.5) is 5.69 Å². The summed E-state index contributed by atoms with van der Waals surface area (Å²) in [6, 6.07) is 13.6. The first-order valence-corrected chi connectivity index (χ1v) is 13.0. The third-order valence-corrected chi connectivity index (χ3v) is 7.98. The number of morpholine rings is 1. The van der Waals surface area contributed by atoms with Crippen molar-refractivity contribution < 1.29 is 22.7 Å². The number of hydrogen-bond acceptors (Lipinski definition) is 7. The summed E-state index contributed by atoms with van der Waals surface area (Å²) in [7, 11) is -3.73. The normalized spacial score (nSPS) is 14.7. The van der Waals surface area contributed by atoms with E-state index in [9.17, 15) is 13.2 Å². The Labute approximate surface area is 197 Å². The zero-order valence-electron chi connectivity index (χ0n) is 18.2. The monoisotopic (exact) mass is 487 g/mol. The molecular formula is C23H25N3O5S2. The van der Waals surface area contributed by atoms with Gasteiger partial charge in [-0.05, 0) is 36.8 Å². The van der Waals surface area contributed by atoms with Crippen molar-refractivity contribution in [1.82, 2.24) is 9.29 Å². The molecule has 3 aromatic rings. The van der Waals surface area contributed by atoms with Crippen LogP contribution in [0.15, 0.2) is 58.8 Å². The minimum atomic E-state index is -3.73. The van der Waals surface area contributed by atoms with Gasteiger partial charge < -0.3 is 14.8 Å². The molecule has 1 N–H and O–H groups in total. The van der Waals surface area contributed by atoms with Crippen molar-refractivity contribution in [3.05, 3.63) is 64.6 Å². The molecule has 10 heteroatoms. The number of hydrogen-bond donors (Lipinski definition) is 1. The molecule has 4 rings (SSSR count). The molecule has 2 aromatic carbocycles. The van der Waals surface area contributed by atoms with Crippen molar-refractivity contribution in [1.29, 1.82) is 0 Å². The number of rotatable bonds is 8. The van der Waals surface area contributed by atoms with Crippen LogP contribution in [0.2, 0.25) is 0 Å². The Morgan fingerprint density at radius 3 is 2.64 bits per heavy atom. The van der Waals surface area contributed by atoms with Crippen LogP contribution in [0.1, 0.15) is 17.6 Å². The summed E-state index contributed by atoms with van der Waals surface area (Å²) in [5.74, 6) is 0.619. The minimum Gasteiger partial charge on any atom is -0.455 e. The van der Waals surface area contributed by atoms with Gasteiger partial charge in [0.05, 0.1) is 40.9 Å². The standard InChI is InChI=1S/C23H25N3O5S2/c1-2-23-24-17(16-32-23)14-22(27)25-20-15-19(33(28,29)26-10-12-30-13-11-26)8-9-21(20)31-18-6-4-3-5-7-18/h3-9,15-16H,2,10-14H2,1H3,(H,25,27). The number of carbonyl (C=O) groups is 1. The maximum atomic E-state index is 13.1. The van der Waals surface area contributed by atoms with Crippen LogP contribution in [-0.4, -0.2) is 49.9 Å². The zero-order valence-corrected chi connectivity index (χ0v) is 19.8. The molecule has 0 saturated carbocycles. The second-order valence-electron chi connectivity index (χ2n) is 7.40. The first-order valence-electron chi connectivity index (χ1n) is 10.6. The third-order valence-electron chi connectivity index (χ3n) is 5.05. The van der Waals surface area contributed by atoms with E-state index in [-0.39, 0.29) is 36.0 Å². The number of amides is 1. The molecule has 0 unspecified atom stereocenters.